The number of aromatic nitrogens is 2. The molecule has 2 atom stereocenters. The van der Waals surface area contributed by atoms with Gasteiger partial charge in [-0.2, -0.15) is 5.10 Å². The van der Waals surface area contributed by atoms with Crippen LogP contribution >= 0.6 is 0 Å². The fourth-order valence-electron chi connectivity index (χ4n) is 2.81. The van der Waals surface area contributed by atoms with E-state index in [4.69, 9.17) is 5.73 Å². The van der Waals surface area contributed by atoms with E-state index in [0.717, 1.165) is 19.5 Å². The predicted octanol–water partition coefficient (Wildman–Crippen LogP) is 1.93. The summed E-state index contributed by atoms with van der Waals surface area (Å²) < 4.78 is 1.98. The molecule has 2 aromatic rings. The van der Waals surface area contributed by atoms with Crippen LogP contribution in [0.1, 0.15) is 35.2 Å². The molecule has 0 spiro atoms. The Morgan fingerprint density at radius 1 is 1.37 bits per heavy atom. The number of benzene rings is 1. The molecule has 19 heavy (non-hydrogen) atoms. The van der Waals surface area contributed by atoms with Crippen LogP contribution in [-0.2, 0) is 6.54 Å². The summed E-state index contributed by atoms with van der Waals surface area (Å²) in [6, 6.07) is 9.01. The third-order valence-electron chi connectivity index (χ3n) is 3.75. The van der Waals surface area contributed by atoms with Crippen LogP contribution in [0.5, 0.6) is 0 Å². The lowest BCUT2D eigenvalue weighted by atomic mass is 10.1. The number of nitrogens with two attached hydrogens (primary N) is 1. The number of aryl methyl sites for hydroxylation is 1. The van der Waals surface area contributed by atoms with Gasteiger partial charge in [-0.15, -0.1) is 0 Å². The Morgan fingerprint density at radius 3 is 2.89 bits per heavy atom. The van der Waals surface area contributed by atoms with Gasteiger partial charge in [-0.05, 0) is 30.0 Å². The van der Waals surface area contributed by atoms with Crippen LogP contribution in [0.25, 0.3) is 0 Å². The first-order valence-electron chi connectivity index (χ1n) is 6.81. The van der Waals surface area contributed by atoms with Gasteiger partial charge in [0.25, 0.3) is 0 Å². The zero-order valence-corrected chi connectivity index (χ0v) is 11.2. The lowest BCUT2D eigenvalue weighted by molar-refractivity contribution is 0.466. The topological polar surface area (TPSA) is 55.9 Å². The molecule has 0 amide bonds. The Labute approximate surface area is 113 Å². The maximum atomic E-state index is 6.17. The normalized spacial score (nSPS) is 21.6. The fraction of sp³-hybridized carbons (Fsp3) is 0.400. The summed E-state index contributed by atoms with van der Waals surface area (Å²) in [4.78, 5) is 0. The molecule has 0 saturated heterocycles. The standard InChI is InChI=1S/C15H20N4/c1-11-9-18-19(10-11)7-6-17-15-8-14(16)12-4-2-3-5-13(12)15/h2-5,9-10,14-15,17H,6-8,16H2,1H3. The van der Waals surface area contributed by atoms with Crippen molar-refractivity contribution in [2.45, 2.75) is 32.0 Å². The minimum absolute atomic E-state index is 0.167. The van der Waals surface area contributed by atoms with Crippen LogP contribution in [0.2, 0.25) is 0 Å². The van der Waals surface area contributed by atoms with Crippen molar-refractivity contribution in [3.63, 3.8) is 0 Å². The molecule has 0 fully saturated rings. The van der Waals surface area contributed by atoms with E-state index in [0.29, 0.717) is 6.04 Å². The Morgan fingerprint density at radius 2 is 2.16 bits per heavy atom. The van der Waals surface area contributed by atoms with Crippen molar-refractivity contribution in [1.82, 2.24) is 15.1 Å². The maximum absolute atomic E-state index is 6.17. The highest BCUT2D eigenvalue weighted by Crippen LogP contribution is 2.36. The average molecular weight is 256 g/mol. The summed E-state index contributed by atoms with van der Waals surface area (Å²) >= 11 is 0. The van der Waals surface area contributed by atoms with Gasteiger partial charge in [0.1, 0.15) is 0 Å². The van der Waals surface area contributed by atoms with Crippen LogP contribution in [0, 0.1) is 6.92 Å². The maximum Gasteiger partial charge on any atom is 0.0534 e. The van der Waals surface area contributed by atoms with Crippen LogP contribution in [0.3, 0.4) is 0 Å². The van der Waals surface area contributed by atoms with E-state index in [-0.39, 0.29) is 6.04 Å². The molecule has 1 aliphatic carbocycles. The molecule has 1 heterocycles. The van der Waals surface area contributed by atoms with Gasteiger partial charge in [-0.1, -0.05) is 24.3 Å². The molecule has 0 radical (unpaired) electrons. The number of rotatable bonds is 4. The zero-order valence-electron chi connectivity index (χ0n) is 11.2. The molecular formula is C15H20N4. The number of nitrogens with zero attached hydrogens (tertiary/aromatic N) is 2. The van der Waals surface area contributed by atoms with Gasteiger partial charge in [0, 0.05) is 24.8 Å². The molecule has 0 aliphatic heterocycles. The van der Waals surface area contributed by atoms with Crippen LogP contribution in [0.4, 0.5) is 0 Å². The summed E-state index contributed by atoms with van der Waals surface area (Å²) in [6.07, 6.45) is 4.94. The van der Waals surface area contributed by atoms with Gasteiger partial charge in [0.05, 0.1) is 12.7 Å². The monoisotopic (exact) mass is 256 g/mol. The van der Waals surface area contributed by atoms with E-state index in [1.165, 1.54) is 16.7 Å². The molecule has 0 bridgehead atoms. The van der Waals surface area contributed by atoms with Gasteiger partial charge in [-0.3, -0.25) is 4.68 Å². The number of fused-ring (bicyclic) bond motifs is 1. The molecule has 1 aromatic carbocycles. The number of hydrogen-bond acceptors (Lipinski definition) is 3. The van der Waals surface area contributed by atoms with E-state index in [2.05, 4.69) is 47.8 Å². The van der Waals surface area contributed by atoms with Crippen molar-refractivity contribution in [1.29, 1.82) is 0 Å². The summed E-state index contributed by atoms with van der Waals surface area (Å²) in [7, 11) is 0. The van der Waals surface area contributed by atoms with Gasteiger partial charge in [0.2, 0.25) is 0 Å². The first kappa shape index (κ1) is 12.4. The van der Waals surface area contributed by atoms with Crippen molar-refractivity contribution in [3.05, 3.63) is 53.3 Å². The van der Waals surface area contributed by atoms with Gasteiger partial charge in [-0.25, -0.2) is 0 Å². The number of hydrogen-bond donors (Lipinski definition) is 2. The quantitative estimate of drug-likeness (QED) is 0.878. The average Bonchev–Trinajstić information content (AvgIpc) is 2.96. The van der Waals surface area contributed by atoms with Crippen molar-refractivity contribution in [2.75, 3.05) is 6.54 Å². The second kappa shape index (κ2) is 5.15. The van der Waals surface area contributed by atoms with E-state index in [1.807, 2.05) is 10.9 Å². The molecule has 4 heteroatoms. The summed E-state index contributed by atoms with van der Waals surface area (Å²) in [6.45, 7) is 3.86. The third-order valence-corrected chi connectivity index (χ3v) is 3.75. The Hall–Kier alpha value is -1.65. The van der Waals surface area contributed by atoms with Gasteiger partial charge in [0.15, 0.2) is 0 Å². The van der Waals surface area contributed by atoms with Gasteiger partial charge >= 0.3 is 0 Å². The number of nitrogens with one attached hydrogen (secondary N) is 1. The van der Waals surface area contributed by atoms with E-state index < -0.39 is 0 Å². The van der Waals surface area contributed by atoms with Crippen molar-refractivity contribution < 1.29 is 0 Å². The summed E-state index contributed by atoms with van der Waals surface area (Å²) in [5.74, 6) is 0. The summed E-state index contributed by atoms with van der Waals surface area (Å²) in [5.41, 5.74) is 10.0. The summed E-state index contributed by atoms with van der Waals surface area (Å²) in [5, 5.41) is 7.88. The van der Waals surface area contributed by atoms with Crippen LogP contribution in [-0.4, -0.2) is 16.3 Å². The Balaban J connectivity index is 1.60. The molecule has 2 unspecified atom stereocenters. The molecule has 100 valence electrons. The predicted molar refractivity (Wildman–Crippen MR) is 75.7 cm³/mol. The second-order valence-corrected chi connectivity index (χ2v) is 5.26. The second-order valence-electron chi connectivity index (χ2n) is 5.26. The van der Waals surface area contributed by atoms with Gasteiger partial charge < -0.3 is 11.1 Å². The Kier molecular flexibility index (Phi) is 3.36. The fourth-order valence-corrected chi connectivity index (χ4v) is 2.81. The van der Waals surface area contributed by atoms with E-state index >= 15 is 0 Å². The zero-order chi connectivity index (χ0) is 13.2. The van der Waals surface area contributed by atoms with Crippen molar-refractivity contribution in [2.24, 2.45) is 5.73 Å². The van der Waals surface area contributed by atoms with Crippen LogP contribution in [0.15, 0.2) is 36.7 Å². The third kappa shape index (κ3) is 2.55. The van der Waals surface area contributed by atoms with Crippen LogP contribution < -0.4 is 11.1 Å². The first-order valence-corrected chi connectivity index (χ1v) is 6.81. The SMILES string of the molecule is Cc1cnn(CCNC2CC(N)c3ccccc32)c1. The lowest BCUT2D eigenvalue weighted by Gasteiger charge is -2.13. The molecule has 1 aliphatic rings. The molecule has 0 saturated carbocycles. The molecule has 3 rings (SSSR count). The minimum atomic E-state index is 0.167. The largest absolute Gasteiger partial charge is 0.324 e. The molecular weight excluding hydrogens is 236 g/mol. The first-order chi connectivity index (χ1) is 9.24. The Bertz CT molecular complexity index is 561. The minimum Gasteiger partial charge on any atom is -0.324 e. The van der Waals surface area contributed by atoms with Crippen molar-refractivity contribution >= 4 is 0 Å². The highest BCUT2D eigenvalue weighted by atomic mass is 15.3. The van der Waals surface area contributed by atoms with E-state index in [9.17, 15) is 0 Å². The van der Waals surface area contributed by atoms with E-state index in [1.54, 1.807) is 0 Å². The highest BCUT2D eigenvalue weighted by Gasteiger charge is 2.27. The lowest BCUT2D eigenvalue weighted by Crippen LogP contribution is -2.24. The smallest absolute Gasteiger partial charge is 0.0534 e. The highest BCUT2D eigenvalue weighted by molar-refractivity contribution is 5.37. The molecule has 3 N–H and O–H groups in total. The molecule has 1 aromatic heterocycles. The van der Waals surface area contributed by atoms with Crippen molar-refractivity contribution in [3.8, 4) is 0 Å². The molecule has 4 nitrogen and oxygen atoms in total.